The Labute approximate surface area is 119 Å². The summed E-state index contributed by atoms with van der Waals surface area (Å²) >= 11 is 6.01. The van der Waals surface area contributed by atoms with Crippen molar-refractivity contribution in [3.05, 3.63) is 41.4 Å². The van der Waals surface area contributed by atoms with E-state index in [4.69, 9.17) is 16.3 Å². The first-order chi connectivity index (χ1) is 8.95. The molecule has 4 heteroatoms. The number of likely N-dealkylation sites (N-methyl/N-ethyl adjacent to an activating group) is 1. The third-order valence-corrected chi connectivity index (χ3v) is 2.95. The molecule has 0 heterocycles. The fourth-order valence-electron chi connectivity index (χ4n) is 1.71. The number of ether oxygens (including phenoxy) is 1. The second-order valence-corrected chi connectivity index (χ2v) is 4.91. The standard InChI is InChI=1S/C15H20ClNO2/c1-5-17(10-11(2)3)15(18)12(4)19-14-9-7-6-8-13(14)16/h6-9,12H,2,5,10H2,1,3-4H3. The highest BCUT2D eigenvalue weighted by molar-refractivity contribution is 6.32. The summed E-state index contributed by atoms with van der Waals surface area (Å²) in [4.78, 5) is 14.0. The lowest BCUT2D eigenvalue weighted by atomic mass is 10.2. The van der Waals surface area contributed by atoms with Gasteiger partial charge in [0.2, 0.25) is 0 Å². The van der Waals surface area contributed by atoms with Crippen molar-refractivity contribution in [1.82, 2.24) is 4.90 Å². The van der Waals surface area contributed by atoms with Gasteiger partial charge < -0.3 is 9.64 Å². The van der Waals surface area contributed by atoms with Gasteiger partial charge >= 0.3 is 0 Å². The van der Waals surface area contributed by atoms with Crippen LogP contribution in [0.2, 0.25) is 5.02 Å². The first-order valence-corrected chi connectivity index (χ1v) is 6.67. The van der Waals surface area contributed by atoms with Crippen LogP contribution in [0.1, 0.15) is 20.8 Å². The summed E-state index contributed by atoms with van der Waals surface area (Å²) in [5.41, 5.74) is 0.945. The topological polar surface area (TPSA) is 29.5 Å². The highest BCUT2D eigenvalue weighted by Gasteiger charge is 2.21. The van der Waals surface area contributed by atoms with Crippen LogP contribution in [-0.4, -0.2) is 30.0 Å². The number of halogens is 1. The number of carbonyl (C=O) groups is 1. The molecule has 0 spiro atoms. The minimum atomic E-state index is -0.570. The molecule has 0 aliphatic heterocycles. The second kappa shape index (κ2) is 7.19. The lowest BCUT2D eigenvalue weighted by molar-refractivity contribution is -0.137. The molecule has 0 aliphatic carbocycles. The van der Waals surface area contributed by atoms with Crippen molar-refractivity contribution >= 4 is 17.5 Å². The molecule has 19 heavy (non-hydrogen) atoms. The van der Waals surface area contributed by atoms with Crippen molar-refractivity contribution in [2.45, 2.75) is 26.9 Å². The predicted molar refractivity (Wildman–Crippen MR) is 78.6 cm³/mol. The van der Waals surface area contributed by atoms with Gasteiger partial charge in [0.25, 0.3) is 5.91 Å². The minimum Gasteiger partial charge on any atom is -0.479 e. The quantitative estimate of drug-likeness (QED) is 0.747. The molecule has 1 amide bonds. The Morgan fingerprint density at radius 1 is 1.47 bits per heavy atom. The molecule has 104 valence electrons. The molecule has 0 aromatic heterocycles. The minimum absolute atomic E-state index is 0.0644. The fourth-order valence-corrected chi connectivity index (χ4v) is 1.89. The van der Waals surface area contributed by atoms with Crippen molar-refractivity contribution in [2.75, 3.05) is 13.1 Å². The summed E-state index contributed by atoms with van der Waals surface area (Å²) in [6.07, 6.45) is -0.570. The molecule has 0 saturated heterocycles. The number of rotatable bonds is 6. The van der Waals surface area contributed by atoms with Gasteiger partial charge in [0.1, 0.15) is 5.75 Å². The Kier molecular flexibility index (Phi) is 5.90. The zero-order valence-corrected chi connectivity index (χ0v) is 12.4. The number of hydrogen-bond acceptors (Lipinski definition) is 2. The molecular weight excluding hydrogens is 262 g/mol. The number of carbonyl (C=O) groups excluding carboxylic acids is 1. The van der Waals surface area contributed by atoms with E-state index >= 15 is 0 Å². The Hall–Kier alpha value is -1.48. The molecule has 0 N–H and O–H groups in total. The van der Waals surface area contributed by atoms with E-state index < -0.39 is 6.10 Å². The maximum atomic E-state index is 12.2. The van der Waals surface area contributed by atoms with E-state index in [0.29, 0.717) is 23.9 Å². The Morgan fingerprint density at radius 3 is 2.63 bits per heavy atom. The van der Waals surface area contributed by atoms with Crippen molar-refractivity contribution in [2.24, 2.45) is 0 Å². The van der Waals surface area contributed by atoms with Crippen molar-refractivity contribution < 1.29 is 9.53 Å². The summed E-state index contributed by atoms with van der Waals surface area (Å²) in [5.74, 6) is 0.460. The normalized spacial score (nSPS) is 11.8. The molecule has 0 fully saturated rings. The molecule has 1 aromatic carbocycles. The largest absolute Gasteiger partial charge is 0.479 e. The van der Waals surface area contributed by atoms with E-state index in [9.17, 15) is 4.79 Å². The van der Waals surface area contributed by atoms with Crippen molar-refractivity contribution in [3.63, 3.8) is 0 Å². The molecule has 0 aliphatic rings. The molecule has 1 atom stereocenters. The molecule has 3 nitrogen and oxygen atoms in total. The summed E-state index contributed by atoms with van der Waals surface area (Å²) in [7, 11) is 0. The number of nitrogens with zero attached hydrogens (tertiary/aromatic N) is 1. The summed E-state index contributed by atoms with van der Waals surface area (Å²) in [6.45, 7) is 10.6. The molecule has 0 radical (unpaired) electrons. The van der Waals surface area contributed by atoms with Crippen LogP contribution in [0.5, 0.6) is 5.75 Å². The van der Waals surface area contributed by atoms with E-state index in [1.807, 2.05) is 26.0 Å². The highest BCUT2D eigenvalue weighted by Crippen LogP contribution is 2.24. The van der Waals surface area contributed by atoms with E-state index in [-0.39, 0.29) is 5.91 Å². The van der Waals surface area contributed by atoms with Gasteiger partial charge in [0, 0.05) is 13.1 Å². The zero-order chi connectivity index (χ0) is 14.4. The first-order valence-electron chi connectivity index (χ1n) is 6.30. The molecule has 0 saturated carbocycles. The Bertz CT molecular complexity index is 459. The van der Waals surface area contributed by atoms with Crippen molar-refractivity contribution in [1.29, 1.82) is 0 Å². The summed E-state index contributed by atoms with van der Waals surface area (Å²) in [5, 5.41) is 0.505. The van der Waals surface area contributed by atoms with Crippen LogP contribution < -0.4 is 4.74 Å². The number of amides is 1. The Balaban J connectivity index is 2.71. The maximum absolute atomic E-state index is 12.2. The molecule has 1 unspecified atom stereocenters. The molecule has 1 aromatic rings. The highest BCUT2D eigenvalue weighted by atomic mass is 35.5. The van der Waals surface area contributed by atoms with Crippen LogP contribution >= 0.6 is 11.6 Å². The van der Waals surface area contributed by atoms with Gasteiger partial charge in [-0.3, -0.25) is 4.79 Å². The number of benzene rings is 1. The lowest BCUT2D eigenvalue weighted by Crippen LogP contribution is -2.41. The summed E-state index contributed by atoms with van der Waals surface area (Å²) in [6, 6.07) is 7.13. The van der Waals surface area contributed by atoms with E-state index in [1.165, 1.54) is 0 Å². The van der Waals surface area contributed by atoms with Gasteiger partial charge in [-0.15, -0.1) is 0 Å². The van der Waals surface area contributed by atoms with Gasteiger partial charge in [0.15, 0.2) is 6.10 Å². The van der Waals surface area contributed by atoms with Crippen LogP contribution in [0.25, 0.3) is 0 Å². The van der Waals surface area contributed by atoms with Crippen LogP contribution in [0.4, 0.5) is 0 Å². The average molecular weight is 282 g/mol. The molecule has 0 bridgehead atoms. The average Bonchev–Trinajstić information content (AvgIpc) is 2.37. The number of para-hydroxylation sites is 1. The smallest absolute Gasteiger partial charge is 0.263 e. The predicted octanol–water partition coefficient (Wildman–Crippen LogP) is 3.53. The van der Waals surface area contributed by atoms with Gasteiger partial charge in [-0.05, 0) is 32.9 Å². The van der Waals surface area contributed by atoms with Crippen LogP contribution in [0.15, 0.2) is 36.4 Å². The van der Waals surface area contributed by atoms with Gasteiger partial charge in [0.05, 0.1) is 5.02 Å². The van der Waals surface area contributed by atoms with Gasteiger partial charge in [-0.2, -0.15) is 0 Å². The maximum Gasteiger partial charge on any atom is 0.263 e. The van der Waals surface area contributed by atoms with E-state index in [1.54, 1.807) is 24.0 Å². The van der Waals surface area contributed by atoms with E-state index in [0.717, 1.165) is 5.57 Å². The zero-order valence-electron chi connectivity index (χ0n) is 11.6. The Morgan fingerprint density at radius 2 is 2.11 bits per heavy atom. The molecule has 1 rings (SSSR count). The third-order valence-electron chi connectivity index (χ3n) is 2.64. The van der Waals surface area contributed by atoms with Gasteiger partial charge in [-0.25, -0.2) is 0 Å². The van der Waals surface area contributed by atoms with Crippen molar-refractivity contribution in [3.8, 4) is 5.75 Å². The van der Waals surface area contributed by atoms with Crippen LogP contribution in [-0.2, 0) is 4.79 Å². The fraction of sp³-hybridized carbons (Fsp3) is 0.400. The van der Waals surface area contributed by atoms with Crippen LogP contribution in [0.3, 0.4) is 0 Å². The van der Waals surface area contributed by atoms with Gasteiger partial charge in [-0.1, -0.05) is 35.9 Å². The summed E-state index contributed by atoms with van der Waals surface area (Å²) < 4.78 is 5.62. The monoisotopic (exact) mass is 281 g/mol. The van der Waals surface area contributed by atoms with Crippen LogP contribution in [0, 0.1) is 0 Å². The van der Waals surface area contributed by atoms with E-state index in [2.05, 4.69) is 6.58 Å². The first kappa shape index (κ1) is 15.6. The lowest BCUT2D eigenvalue weighted by Gasteiger charge is -2.25. The second-order valence-electron chi connectivity index (χ2n) is 4.50. The number of hydrogen-bond donors (Lipinski definition) is 0. The molecular formula is C15H20ClNO2. The third kappa shape index (κ3) is 4.60. The SMILES string of the molecule is C=C(C)CN(CC)C(=O)C(C)Oc1ccccc1Cl.